The van der Waals surface area contributed by atoms with Crippen LogP contribution in [0.5, 0.6) is 0 Å². The van der Waals surface area contributed by atoms with Gasteiger partial charge in [-0.15, -0.1) is 0 Å². The molecule has 0 amide bonds. The third-order valence-electron chi connectivity index (χ3n) is 4.30. The van der Waals surface area contributed by atoms with Gasteiger partial charge in [-0.1, -0.05) is 6.92 Å². The summed E-state index contributed by atoms with van der Waals surface area (Å²) in [6.45, 7) is 10.7. The lowest BCUT2D eigenvalue weighted by atomic mass is 9.94. The first-order valence-electron chi connectivity index (χ1n) is 7.45. The van der Waals surface area contributed by atoms with Gasteiger partial charge < -0.3 is 9.80 Å². The predicted molar refractivity (Wildman–Crippen MR) is 80.0 cm³/mol. The number of nitriles is 1. The summed E-state index contributed by atoms with van der Waals surface area (Å²) in [5.41, 5.74) is -0.408. The number of likely N-dealkylation sites (tertiary alicyclic amines) is 1. The van der Waals surface area contributed by atoms with Crippen LogP contribution in [0.3, 0.4) is 0 Å². The first-order chi connectivity index (χ1) is 8.90. The molecule has 4 nitrogen and oxygen atoms in total. The first kappa shape index (κ1) is 16.4. The molecule has 0 radical (unpaired) electrons. The van der Waals surface area contributed by atoms with Crippen LogP contribution >= 0.6 is 0 Å². The minimum atomic E-state index is -0.408. The van der Waals surface area contributed by atoms with E-state index in [-0.39, 0.29) is 0 Å². The Balaban J connectivity index is 2.43. The largest absolute Gasteiger partial charge is 0.306 e. The molecule has 110 valence electrons. The molecule has 0 saturated carbocycles. The molecule has 4 heteroatoms. The van der Waals surface area contributed by atoms with Crippen LogP contribution in [0.15, 0.2) is 0 Å². The monoisotopic (exact) mass is 266 g/mol. The standard InChI is InChI=1S/C15H30N4/c1-6-17-15(3,12-16)9-13(2)19(5)11-14-7-8-18(4)10-14/h13-14,17H,6-11H2,1-5H3. The molecule has 0 aliphatic carbocycles. The van der Waals surface area contributed by atoms with E-state index in [0.29, 0.717) is 6.04 Å². The molecule has 1 fully saturated rings. The Hall–Kier alpha value is -0.630. The van der Waals surface area contributed by atoms with E-state index < -0.39 is 5.54 Å². The van der Waals surface area contributed by atoms with Crippen LogP contribution in [0.4, 0.5) is 0 Å². The van der Waals surface area contributed by atoms with Gasteiger partial charge in [-0.05, 0) is 59.8 Å². The lowest BCUT2D eigenvalue weighted by molar-refractivity contribution is 0.187. The Morgan fingerprint density at radius 2 is 2.26 bits per heavy atom. The number of hydrogen-bond donors (Lipinski definition) is 1. The van der Waals surface area contributed by atoms with Crippen molar-refractivity contribution < 1.29 is 0 Å². The molecular formula is C15H30N4. The summed E-state index contributed by atoms with van der Waals surface area (Å²) in [7, 11) is 4.38. The van der Waals surface area contributed by atoms with Crippen molar-refractivity contribution in [3.8, 4) is 6.07 Å². The third kappa shape index (κ3) is 5.10. The van der Waals surface area contributed by atoms with Gasteiger partial charge >= 0.3 is 0 Å². The van der Waals surface area contributed by atoms with Crippen LogP contribution in [0, 0.1) is 17.2 Å². The van der Waals surface area contributed by atoms with Gasteiger partial charge in [-0.25, -0.2) is 0 Å². The molecular weight excluding hydrogens is 236 g/mol. The van der Waals surface area contributed by atoms with Crippen LogP contribution in [0.1, 0.15) is 33.6 Å². The van der Waals surface area contributed by atoms with Crippen molar-refractivity contribution in [1.29, 1.82) is 5.26 Å². The average molecular weight is 266 g/mol. The zero-order chi connectivity index (χ0) is 14.5. The minimum absolute atomic E-state index is 0.408. The van der Waals surface area contributed by atoms with Gasteiger partial charge in [0.2, 0.25) is 0 Å². The number of hydrogen-bond acceptors (Lipinski definition) is 4. The van der Waals surface area contributed by atoms with Gasteiger partial charge in [0.25, 0.3) is 0 Å². The summed E-state index contributed by atoms with van der Waals surface area (Å²) in [6.07, 6.45) is 2.17. The topological polar surface area (TPSA) is 42.3 Å². The maximum Gasteiger partial charge on any atom is 0.105 e. The van der Waals surface area contributed by atoms with E-state index in [4.69, 9.17) is 0 Å². The molecule has 0 bridgehead atoms. The second kappa shape index (κ2) is 7.23. The van der Waals surface area contributed by atoms with Crippen molar-refractivity contribution in [3.05, 3.63) is 0 Å². The van der Waals surface area contributed by atoms with Gasteiger partial charge in [0, 0.05) is 19.1 Å². The van der Waals surface area contributed by atoms with Crippen LogP contribution in [-0.2, 0) is 0 Å². The summed E-state index contributed by atoms with van der Waals surface area (Å²) in [5.74, 6) is 0.782. The van der Waals surface area contributed by atoms with E-state index in [1.54, 1.807) is 0 Å². The predicted octanol–water partition coefficient (Wildman–Crippen LogP) is 1.54. The molecule has 1 heterocycles. The van der Waals surface area contributed by atoms with E-state index in [0.717, 1.165) is 25.4 Å². The zero-order valence-corrected chi connectivity index (χ0v) is 13.2. The fourth-order valence-corrected chi connectivity index (χ4v) is 3.06. The molecule has 0 spiro atoms. The fourth-order valence-electron chi connectivity index (χ4n) is 3.06. The average Bonchev–Trinajstić information content (AvgIpc) is 2.75. The molecule has 3 unspecified atom stereocenters. The maximum atomic E-state index is 9.33. The highest BCUT2D eigenvalue weighted by Crippen LogP contribution is 2.19. The van der Waals surface area contributed by atoms with Gasteiger partial charge in [0.05, 0.1) is 6.07 Å². The Kier molecular flexibility index (Phi) is 6.25. The second-order valence-corrected chi connectivity index (χ2v) is 6.38. The van der Waals surface area contributed by atoms with Crippen molar-refractivity contribution >= 4 is 0 Å². The van der Waals surface area contributed by atoms with Crippen LogP contribution in [-0.4, -0.2) is 61.7 Å². The molecule has 1 aliphatic rings. The second-order valence-electron chi connectivity index (χ2n) is 6.38. The Morgan fingerprint density at radius 3 is 2.74 bits per heavy atom. The minimum Gasteiger partial charge on any atom is -0.306 e. The molecule has 1 aliphatic heterocycles. The Bertz CT molecular complexity index is 312. The van der Waals surface area contributed by atoms with Crippen molar-refractivity contribution in [2.45, 2.75) is 45.2 Å². The van der Waals surface area contributed by atoms with E-state index in [2.05, 4.69) is 49.1 Å². The molecule has 1 rings (SSSR count). The molecule has 19 heavy (non-hydrogen) atoms. The Labute approximate surface area is 118 Å². The van der Waals surface area contributed by atoms with E-state index >= 15 is 0 Å². The summed E-state index contributed by atoms with van der Waals surface area (Å²) in [4.78, 5) is 4.82. The van der Waals surface area contributed by atoms with E-state index in [9.17, 15) is 5.26 Å². The van der Waals surface area contributed by atoms with E-state index in [1.807, 2.05) is 6.92 Å². The van der Waals surface area contributed by atoms with Gasteiger partial charge in [-0.3, -0.25) is 5.32 Å². The van der Waals surface area contributed by atoms with Crippen LogP contribution < -0.4 is 5.32 Å². The number of rotatable bonds is 7. The van der Waals surface area contributed by atoms with Crippen molar-refractivity contribution in [3.63, 3.8) is 0 Å². The van der Waals surface area contributed by atoms with Gasteiger partial charge in [0.1, 0.15) is 5.54 Å². The third-order valence-corrected chi connectivity index (χ3v) is 4.30. The molecule has 1 N–H and O–H groups in total. The zero-order valence-electron chi connectivity index (χ0n) is 13.2. The van der Waals surface area contributed by atoms with Crippen molar-refractivity contribution in [2.75, 3.05) is 40.3 Å². The molecule has 0 aromatic rings. The lowest BCUT2D eigenvalue weighted by Crippen LogP contribution is -2.47. The summed E-state index contributed by atoms with van der Waals surface area (Å²) in [5, 5.41) is 12.6. The summed E-state index contributed by atoms with van der Waals surface area (Å²) in [6, 6.07) is 2.85. The molecule has 0 aromatic carbocycles. The van der Waals surface area contributed by atoms with Crippen molar-refractivity contribution in [2.24, 2.45) is 5.92 Å². The normalized spacial score (nSPS) is 25.2. The van der Waals surface area contributed by atoms with Gasteiger partial charge in [-0.2, -0.15) is 5.26 Å². The highest BCUT2D eigenvalue weighted by atomic mass is 15.2. The fraction of sp³-hybridized carbons (Fsp3) is 0.933. The number of nitrogens with zero attached hydrogens (tertiary/aromatic N) is 3. The smallest absolute Gasteiger partial charge is 0.105 e. The molecule has 3 atom stereocenters. The summed E-state index contributed by atoms with van der Waals surface area (Å²) >= 11 is 0. The van der Waals surface area contributed by atoms with Crippen molar-refractivity contribution in [1.82, 2.24) is 15.1 Å². The highest BCUT2D eigenvalue weighted by molar-refractivity contribution is 5.05. The molecule has 0 aromatic heterocycles. The SMILES string of the molecule is CCNC(C)(C#N)CC(C)N(C)CC1CCN(C)C1. The number of nitrogens with one attached hydrogen (secondary N) is 1. The maximum absolute atomic E-state index is 9.33. The lowest BCUT2D eigenvalue weighted by Gasteiger charge is -2.33. The first-order valence-corrected chi connectivity index (χ1v) is 7.45. The highest BCUT2D eigenvalue weighted by Gasteiger charge is 2.28. The Morgan fingerprint density at radius 1 is 1.58 bits per heavy atom. The molecule has 1 saturated heterocycles. The van der Waals surface area contributed by atoms with Crippen LogP contribution in [0.25, 0.3) is 0 Å². The quantitative estimate of drug-likeness (QED) is 0.759. The van der Waals surface area contributed by atoms with Crippen LogP contribution in [0.2, 0.25) is 0 Å². The summed E-state index contributed by atoms with van der Waals surface area (Å²) < 4.78 is 0. The van der Waals surface area contributed by atoms with E-state index in [1.165, 1.54) is 19.5 Å². The van der Waals surface area contributed by atoms with Gasteiger partial charge in [0.15, 0.2) is 0 Å².